The maximum Gasteiger partial charge on any atom is 1.00 e. The molecule has 2 aliphatic rings. The van der Waals surface area contributed by atoms with Crippen LogP contribution in [0.25, 0.3) is 0 Å². The third-order valence-corrected chi connectivity index (χ3v) is 1.49. The van der Waals surface area contributed by atoms with Gasteiger partial charge in [-0.2, -0.15) is 0 Å². The van der Waals surface area contributed by atoms with E-state index in [1.807, 2.05) is 0 Å². The van der Waals surface area contributed by atoms with Crippen LogP contribution < -0.4 is 18.9 Å². The van der Waals surface area contributed by atoms with Crippen molar-refractivity contribution in [2.45, 2.75) is 0 Å². The van der Waals surface area contributed by atoms with Gasteiger partial charge in [0.1, 0.15) is 0 Å². The second-order valence-corrected chi connectivity index (χ2v) is 3.60. The van der Waals surface area contributed by atoms with Crippen molar-refractivity contribution in [1.29, 1.82) is 0 Å². The van der Waals surface area contributed by atoms with Gasteiger partial charge in [-0.15, -0.1) is 0 Å². The Balaban J connectivity index is -0.0000000474. The van der Waals surface area contributed by atoms with Crippen LogP contribution in [0.3, 0.4) is 0 Å². The average Bonchev–Trinajstić information content (AvgIpc) is 2.61. The van der Waals surface area contributed by atoms with E-state index in [0.29, 0.717) is 0 Å². The van der Waals surface area contributed by atoms with Crippen molar-refractivity contribution in [2.75, 3.05) is 52.9 Å². The molecule has 0 aliphatic carbocycles. The molecular weight excluding hydrogens is 451 g/mol. The minimum Gasteiger partial charge on any atom is -0.377 e. The third kappa shape index (κ3) is 83.3. The fraction of sp³-hybridized carbons (Fsp3) is 0.400. The van der Waals surface area contributed by atoms with Crippen molar-refractivity contribution in [3.05, 3.63) is 81.1 Å². The molecule has 4 nitrogen and oxygen atoms in total. The van der Waals surface area contributed by atoms with Gasteiger partial charge in [0.15, 0.2) is 0 Å². The summed E-state index contributed by atoms with van der Waals surface area (Å²) >= 11 is 0. The van der Waals surface area contributed by atoms with E-state index < -0.39 is 0 Å². The number of rotatable bonds is 0. The normalized spacial score (nSPS) is 13.8. The van der Waals surface area contributed by atoms with Crippen LogP contribution in [0.1, 0.15) is 0 Å². The second kappa shape index (κ2) is 56.3. The van der Waals surface area contributed by atoms with E-state index >= 15 is 0 Å². The molecule has 2 saturated heterocycles. The fourth-order valence-corrected chi connectivity index (χ4v) is 0.880. The summed E-state index contributed by atoms with van der Waals surface area (Å²) < 4.78 is 19.8. The Morgan fingerprint density at radius 3 is 0.500 bits per heavy atom. The molecule has 0 aromatic heterocycles. The van der Waals surface area contributed by atoms with E-state index in [2.05, 4.69) is 55.4 Å². The molecule has 144 valence electrons. The average molecular weight is 488 g/mol. The van der Waals surface area contributed by atoms with E-state index in [-0.39, 0.29) is 60.6 Å². The van der Waals surface area contributed by atoms with Crippen LogP contribution in [0.5, 0.6) is 0 Å². The number of hydrogen-bond acceptors (Lipinski definition) is 4. The van der Waals surface area contributed by atoms with Gasteiger partial charge in [-0.3, -0.25) is 0 Å². The van der Waals surface area contributed by atoms with E-state index in [1.165, 1.54) is 25.7 Å². The van der Waals surface area contributed by atoms with Crippen LogP contribution in [-0.4, -0.2) is 52.9 Å². The molecule has 2 heterocycles. The molecule has 2 rings (SSSR count). The molecule has 0 amide bonds. The van der Waals surface area contributed by atoms with Crippen molar-refractivity contribution in [3.8, 4) is 0 Å². The monoisotopic (exact) mass is 487 g/mol. The molecule has 2 aliphatic heterocycles. The van der Waals surface area contributed by atoms with Gasteiger partial charge in [0, 0.05) is 41.7 Å². The summed E-state index contributed by atoms with van der Waals surface area (Å²) in [4.78, 5) is 0. The van der Waals surface area contributed by atoms with Crippen molar-refractivity contribution >= 4 is 0 Å². The molecule has 0 aromatic carbocycles. The summed E-state index contributed by atoms with van der Waals surface area (Å²) in [5.74, 6) is 0. The maximum atomic E-state index is 4.94. The van der Waals surface area contributed by atoms with Gasteiger partial charge < -0.3 is 18.9 Å². The molecule has 2 fully saturated rings. The first-order chi connectivity index (χ1) is 11.7. The first-order valence-electron chi connectivity index (χ1n) is 7.58. The molecule has 0 spiro atoms. The molecule has 0 unspecified atom stereocenters. The summed E-state index contributed by atoms with van der Waals surface area (Å²) in [6, 6.07) is 0. The van der Waals surface area contributed by atoms with Gasteiger partial charge in [0.05, 0.1) is 52.9 Å². The first kappa shape index (κ1) is 42.0. The number of ether oxygens (including phenoxy) is 4. The maximum absolute atomic E-state index is 4.94. The van der Waals surface area contributed by atoms with Crippen LogP contribution >= 0.6 is 0 Å². The molecule has 0 aromatic rings. The Bertz CT molecular complexity index is 105. The van der Waals surface area contributed by atoms with Gasteiger partial charge in [-0.05, 0) is 81.1 Å². The Morgan fingerprint density at radius 1 is 0.385 bits per heavy atom. The molecule has 26 heavy (non-hydrogen) atoms. The smallest absolute Gasteiger partial charge is 0.377 e. The molecule has 6 heteroatoms. The zero-order chi connectivity index (χ0) is 19.3. The zero-order valence-corrected chi connectivity index (χ0v) is 19.9. The van der Waals surface area contributed by atoms with E-state index in [9.17, 15) is 0 Å². The first-order valence-corrected chi connectivity index (χ1v) is 7.58. The molecule has 12 radical (unpaired) electrons. The van der Waals surface area contributed by atoms with E-state index in [0.717, 1.165) is 52.9 Å². The van der Waals surface area contributed by atoms with Crippen LogP contribution in [0, 0.1) is 123 Å². The topological polar surface area (TPSA) is 36.9 Å². The van der Waals surface area contributed by atoms with Gasteiger partial charge in [-0.1, -0.05) is 0 Å². The summed E-state index contributed by atoms with van der Waals surface area (Å²) in [5, 5.41) is 0. The van der Waals surface area contributed by atoms with Crippen molar-refractivity contribution < 1.29 is 79.6 Å². The minimum absolute atomic E-state index is 0. The van der Waals surface area contributed by atoms with Crippen molar-refractivity contribution in [3.63, 3.8) is 0 Å². The van der Waals surface area contributed by atoms with Crippen LogP contribution in [0.2, 0.25) is 0 Å². The summed E-state index contributed by atoms with van der Waals surface area (Å²) in [5.41, 5.74) is 0. The van der Waals surface area contributed by atoms with E-state index in [4.69, 9.17) is 18.9 Å². The Morgan fingerprint density at radius 2 is 0.462 bits per heavy atom. The molecule has 0 saturated carbocycles. The van der Waals surface area contributed by atoms with Gasteiger partial charge in [-0.25, -0.2) is 0 Å². The quantitative estimate of drug-likeness (QED) is 0.467. The standard InChI is InChI=1S/2C4H8O2.4C3H5.Ce.Li/c2*1-2-6-4-3-5-1;4*1-3-2;;/h2*1-4H2;4*3H,1-2H2;;/q;;;;;;;+1. The Hall–Kier alpha value is 1.81. The summed E-state index contributed by atoms with van der Waals surface area (Å²) in [6.07, 6.45) is 6.00. The SMILES string of the molecule is C1COCCO1.C1COCCO1.[CH2][CH][CH2].[CH2][CH][CH2].[CH2][CH][CH2].[CH2][CH][CH2].[Ce].[Li+]. The predicted octanol–water partition coefficient (Wildman–Crippen LogP) is 0.506. The second-order valence-electron chi connectivity index (χ2n) is 3.60. The Kier molecular flexibility index (Phi) is 91.0. The van der Waals surface area contributed by atoms with Gasteiger partial charge in [0.2, 0.25) is 0 Å². The molecule has 0 atom stereocenters. The molecular formula is C20H36CeLiO4+. The largest absolute Gasteiger partial charge is 1.00 e. The summed E-state index contributed by atoms with van der Waals surface area (Å²) in [6.45, 7) is 32.2. The fourth-order valence-electron chi connectivity index (χ4n) is 0.880. The van der Waals surface area contributed by atoms with E-state index in [1.54, 1.807) is 0 Å². The summed E-state index contributed by atoms with van der Waals surface area (Å²) in [7, 11) is 0. The predicted molar refractivity (Wildman–Crippen MR) is 103 cm³/mol. The van der Waals surface area contributed by atoms with Crippen molar-refractivity contribution in [2.24, 2.45) is 0 Å². The van der Waals surface area contributed by atoms with Gasteiger partial charge in [0.25, 0.3) is 0 Å². The van der Waals surface area contributed by atoms with Crippen molar-refractivity contribution in [1.82, 2.24) is 0 Å². The number of hydrogen-bond donors (Lipinski definition) is 0. The zero-order valence-electron chi connectivity index (χ0n) is 16.8. The molecule has 0 bridgehead atoms. The van der Waals surface area contributed by atoms with Gasteiger partial charge >= 0.3 is 18.9 Å². The van der Waals surface area contributed by atoms with Crippen LogP contribution in [0.15, 0.2) is 0 Å². The minimum atomic E-state index is 0. The Labute approximate surface area is 211 Å². The third-order valence-electron chi connectivity index (χ3n) is 1.49. The molecule has 0 N–H and O–H groups in total. The van der Waals surface area contributed by atoms with Crippen LogP contribution in [0.4, 0.5) is 0 Å². The van der Waals surface area contributed by atoms with Crippen LogP contribution in [-0.2, 0) is 18.9 Å².